The molecule has 0 bridgehead atoms. The molecule has 0 fully saturated rings. The Bertz CT molecular complexity index is 2820. The van der Waals surface area contributed by atoms with Crippen LogP contribution in [0.5, 0.6) is 0 Å². The van der Waals surface area contributed by atoms with E-state index in [2.05, 4.69) is 128 Å². The molecule has 0 saturated carbocycles. The molecule has 60 heavy (non-hydrogen) atoms. The molecule has 1 aliphatic rings. The number of anilines is 2. The highest BCUT2D eigenvalue weighted by Crippen LogP contribution is 2.23. The van der Waals surface area contributed by atoms with Crippen LogP contribution in [0.3, 0.4) is 0 Å². The van der Waals surface area contributed by atoms with E-state index in [1.165, 1.54) is 0 Å². The largest absolute Gasteiger partial charge is 0.378 e. The Balaban J connectivity index is 1.64. The first-order chi connectivity index (χ1) is 29.4. The Kier molecular flexibility index (Phi) is 13.0. The second-order valence-electron chi connectivity index (χ2n) is 14.1. The molecule has 282 valence electrons. The van der Waals surface area contributed by atoms with Gasteiger partial charge in [0.25, 0.3) is 0 Å². The van der Waals surface area contributed by atoms with Crippen molar-refractivity contribution >= 4 is 44.8 Å². The summed E-state index contributed by atoms with van der Waals surface area (Å²) in [6.45, 7) is 0. The lowest BCUT2D eigenvalue weighted by atomic mass is 10.0. The molecule has 7 rings (SSSR count). The van der Waals surface area contributed by atoms with Gasteiger partial charge in [0.05, 0.1) is 33.4 Å². The fourth-order valence-corrected chi connectivity index (χ4v) is 6.08. The van der Waals surface area contributed by atoms with Crippen LogP contribution in [0.4, 0.5) is 11.4 Å². The summed E-state index contributed by atoms with van der Waals surface area (Å²) in [7, 11) is 8.09. The number of hydrogen-bond donors (Lipinski definition) is 0. The lowest BCUT2D eigenvalue weighted by Crippen LogP contribution is -2.08. The van der Waals surface area contributed by atoms with Gasteiger partial charge in [-0.1, -0.05) is 216 Å². The minimum absolute atomic E-state index is 0.644. The topological polar surface area (TPSA) is 6.48 Å². The van der Waals surface area contributed by atoms with Crippen LogP contribution in [0.25, 0.3) is 33.4 Å². The predicted octanol–water partition coefficient (Wildman–Crippen LogP) is 11.9. The summed E-state index contributed by atoms with van der Waals surface area (Å²) < 4.78 is 0. The van der Waals surface area contributed by atoms with Gasteiger partial charge < -0.3 is 9.80 Å². The van der Waals surface area contributed by atoms with Crippen LogP contribution in [0.1, 0.15) is 33.4 Å². The lowest BCUT2D eigenvalue weighted by Gasteiger charge is -2.12. The van der Waals surface area contributed by atoms with Crippen molar-refractivity contribution < 1.29 is 0 Å². The molecule has 1 aliphatic carbocycles. The highest BCUT2D eigenvalue weighted by Gasteiger charge is 2.06. The third-order valence-electron chi connectivity index (χ3n) is 9.47. The Hall–Kier alpha value is -8.50. The van der Waals surface area contributed by atoms with E-state index in [9.17, 15) is 0 Å². The Morgan fingerprint density at radius 3 is 0.600 bits per heavy atom. The molecule has 0 atom stereocenters. The van der Waals surface area contributed by atoms with Crippen LogP contribution >= 0.6 is 0 Å². The van der Waals surface area contributed by atoms with Gasteiger partial charge in [0.1, 0.15) is 0 Å². The lowest BCUT2D eigenvalue weighted by molar-refractivity contribution is 1.13. The van der Waals surface area contributed by atoms with Crippen LogP contribution in [0, 0.1) is 35.5 Å². The first-order valence-electron chi connectivity index (χ1n) is 19.5. The minimum atomic E-state index is 0.644. The van der Waals surface area contributed by atoms with Crippen LogP contribution in [0.15, 0.2) is 204 Å². The molecule has 0 unspecified atom stereocenters. The molecule has 0 aliphatic heterocycles. The van der Waals surface area contributed by atoms with E-state index in [1.54, 1.807) is 0 Å². The van der Waals surface area contributed by atoms with Gasteiger partial charge in [-0.3, -0.25) is 0 Å². The zero-order chi connectivity index (χ0) is 41.5. The van der Waals surface area contributed by atoms with Crippen molar-refractivity contribution in [3.05, 3.63) is 238 Å². The molecule has 2 nitrogen and oxygen atoms in total. The van der Waals surface area contributed by atoms with E-state index in [0.29, 0.717) is 33.4 Å². The Morgan fingerprint density at radius 2 is 0.417 bits per heavy atom. The van der Waals surface area contributed by atoms with Crippen LogP contribution in [0.2, 0.25) is 0 Å². The van der Waals surface area contributed by atoms with Crippen molar-refractivity contribution in [1.82, 2.24) is 0 Å². The first kappa shape index (κ1) is 39.7. The molecule has 0 radical (unpaired) electrons. The van der Waals surface area contributed by atoms with Crippen molar-refractivity contribution in [3.63, 3.8) is 0 Å². The van der Waals surface area contributed by atoms with E-state index in [0.717, 1.165) is 44.8 Å². The van der Waals surface area contributed by atoms with Crippen molar-refractivity contribution in [3.8, 4) is 35.5 Å². The van der Waals surface area contributed by atoms with Crippen molar-refractivity contribution in [2.24, 2.45) is 0 Å². The first-order valence-corrected chi connectivity index (χ1v) is 19.5. The second-order valence-corrected chi connectivity index (χ2v) is 14.1. The monoisotopic (exact) mass is 764 g/mol. The van der Waals surface area contributed by atoms with Crippen LogP contribution in [-0.4, -0.2) is 28.2 Å². The van der Waals surface area contributed by atoms with Gasteiger partial charge in [-0.2, -0.15) is 0 Å². The third-order valence-corrected chi connectivity index (χ3v) is 9.47. The SMILES string of the molecule is CN(C)c1ccc(C2=C=C=C(c3ccccc3)C#CC(c3ccccc3)=C=C=C(c3ccc(N(C)C)cc3)C#CC(c3ccccc3)=C=C=C(c3ccccc3)C#C2)cc1. The van der Waals surface area contributed by atoms with E-state index in [1.807, 2.05) is 150 Å². The molecule has 2 heteroatoms. The molecule has 0 saturated heterocycles. The van der Waals surface area contributed by atoms with Crippen molar-refractivity contribution in [2.45, 2.75) is 0 Å². The van der Waals surface area contributed by atoms with E-state index in [-0.39, 0.29) is 0 Å². The minimum Gasteiger partial charge on any atom is -0.378 e. The average Bonchev–Trinajstić information content (AvgIpc) is 3.30. The van der Waals surface area contributed by atoms with Crippen molar-refractivity contribution in [1.29, 1.82) is 0 Å². The third kappa shape index (κ3) is 10.5. The molecular weight excluding hydrogens is 725 g/mol. The summed E-state index contributed by atoms with van der Waals surface area (Å²) in [5, 5.41) is 0. The predicted molar refractivity (Wildman–Crippen MR) is 252 cm³/mol. The molecule has 0 spiro atoms. The highest BCUT2D eigenvalue weighted by atomic mass is 15.1. The highest BCUT2D eigenvalue weighted by molar-refractivity contribution is 5.91. The molecule has 0 heterocycles. The molecule has 0 aromatic heterocycles. The maximum Gasteiger partial charge on any atom is 0.0824 e. The number of hydrogen-bond acceptors (Lipinski definition) is 2. The normalized spacial score (nSPS) is 12.1. The summed E-state index contributed by atoms with van der Waals surface area (Å²) in [6.07, 6.45) is 0. The van der Waals surface area contributed by atoms with E-state index < -0.39 is 0 Å². The van der Waals surface area contributed by atoms with Gasteiger partial charge in [0, 0.05) is 39.6 Å². The zero-order valence-corrected chi connectivity index (χ0v) is 34.1. The molecule has 0 N–H and O–H groups in total. The summed E-state index contributed by atoms with van der Waals surface area (Å²) in [5.41, 5.74) is 32.0. The van der Waals surface area contributed by atoms with E-state index in [4.69, 9.17) is 0 Å². The van der Waals surface area contributed by atoms with Crippen LogP contribution < -0.4 is 9.80 Å². The number of nitrogens with zero attached hydrogens (tertiary/aromatic N) is 2. The van der Waals surface area contributed by atoms with Gasteiger partial charge in [0.15, 0.2) is 0 Å². The standard InChI is InChI=1S/C58H40N2/c1-59(2)57-41-37-55(38-42-57)53-33-29-49(45-17-9-5-10-18-45)25-27-51(47-21-13-7-14-22-47)31-35-54(56-39-43-58(44-40-56)60(3)4)36-32-52(48-23-15-8-16-24-48)28-26-50(30-34-53)46-19-11-6-12-20-46/h5-24,37-44H,1-4H3. The van der Waals surface area contributed by atoms with E-state index >= 15 is 0 Å². The molecule has 6 aromatic carbocycles. The van der Waals surface area contributed by atoms with Crippen molar-refractivity contribution in [2.75, 3.05) is 38.0 Å². The zero-order valence-electron chi connectivity index (χ0n) is 34.1. The fraction of sp³-hybridized carbons (Fsp3) is 0.0690. The summed E-state index contributed by atoms with van der Waals surface area (Å²) in [6, 6.07) is 56.5. The number of allylic oxidation sites excluding steroid dienone is 6. The second kappa shape index (κ2) is 19.6. The summed E-state index contributed by atoms with van der Waals surface area (Å²) in [5.74, 6) is 20.6. The molecule has 0 amide bonds. The average molecular weight is 765 g/mol. The molecular formula is C58H40N2. The molecule has 6 aromatic rings. The Labute approximate surface area is 354 Å². The smallest absolute Gasteiger partial charge is 0.0824 e. The Morgan fingerprint density at radius 1 is 0.233 bits per heavy atom. The van der Waals surface area contributed by atoms with Crippen LogP contribution in [-0.2, 0) is 0 Å². The quantitative estimate of drug-likeness (QED) is 0.112. The fourth-order valence-electron chi connectivity index (χ4n) is 6.08. The summed E-state index contributed by atoms with van der Waals surface area (Å²) >= 11 is 0. The number of benzene rings is 6. The van der Waals surface area contributed by atoms with Gasteiger partial charge in [-0.05, 0) is 57.6 Å². The van der Waals surface area contributed by atoms with Gasteiger partial charge in [-0.15, -0.1) is 0 Å². The number of rotatable bonds is 8. The summed E-state index contributed by atoms with van der Waals surface area (Å²) in [4.78, 5) is 4.14. The van der Waals surface area contributed by atoms with Gasteiger partial charge in [-0.25, -0.2) is 0 Å². The van der Waals surface area contributed by atoms with Gasteiger partial charge in [0.2, 0.25) is 0 Å². The maximum absolute atomic E-state index is 3.44. The van der Waals surface area contributed by atoms with Gasteiger partial charge >= 0.3 is 0 Å². The maximum atomic E-state index is 3.44.